The normalized spacial score (nSPS) is 13.0. The van der Waals surface area contributed by atoms with E-state index in [9.17, 15) is 9.90 Å². The molecule has 0 bridgehead atoms. The number of carboxylic acid groups (broad SMARTS) is 1. The lowest BCUT2D eigenvalue weighted by Gasteiger charge is -2.40. The first-order valence-corrected chi connectivity index (χ1v) is 12.0. The van der Waals surface area contributed by atoms with Crippen LogP contribution < -0.4 is 5.73 Å². The number of carbonyl (C=O) groups is 1. The second-order valence-electron chi connectivity index (χ2n) is 9.31. The number of aliphatic hydroxyl groups is 1. The number of hydrogen-bond donors (Lipinski definition) is 3. The SMILES string of the molecule is CCCCCCCCCCC(O)(Cc1ccccc1)C(C)(C)N.O=C(O)c1ccccc1. The van der Waals surface area contributed by atoms with E-state index in [2.05, 4.69) is 19.1 Å². The van der Waals surface area contributed by atoms with Gasteiger partial charge in [-0.3, -0.25) is 0 Å². The van der Waals surface area contributed by atoms with Crippen LogP contribution in [-0.2, 0) is 6.42 Å². The topological polar surface area (TPSA) is 83.5 Å². The minimum atomic E-state index is -0.879. The summed E-state index contributed by atoms with van der Waals surface area (Å²) >= 11 is 0. The third-order valence-corrected chi connectivity index (χ3v) is 6.00. The van der Waals surface area contributed by atoms with E-state index in [1.54, 1.807) is 30.3 Å². The Balaban J connectivity index is 0.000000471. The largest absolute Gasteiger partial charge is 0.478 e. The molecule has 0 fully saturated rings. The third-order valence-electron chi connectivity index (χ3n) is 6.00. The highest BCUT2D eigenvalue weighted by Gasteiger charge is 2.39. The summed E-state index contributed by atoms with van der Waals surface area (Å²) in [5.41, 5.74) is 6.37. The first kappa shape index (κ1) is 27.9. The van der Waals surface area contributed by atoms with Gasteiger partial charge in [-0.2, -0.15) is 0 Å². The molecule has 0 aromatic heterocycles. The molecule has 0 amide bonds. The average Bonchev–Trinajstić information content (AvgIpc) is 2.76. The van der Waals surface area contributed by atoms with Crippen molar-refractivity contribution in [2.24, 2.45) is 5.73 Å². The van der Waals surface area contributed by atoms with Crippen LogP contribution >= 0.6 is 0 Å². The number of unbranched alkanes of at least 4 members (excludes halogenated alkanes) is 7. The van der Waals surface area contributed by atoms with Crippen molar-refractivity contribution in [3.05, 3.63) is 71.8 Å². The molecule has 0 saturated heterocycles. The molecule has 178 valence electrons. The lowest BCUT2D eigenvalue weighted by Crippen LogP contribution is -2.57. The van der Waals surface area contributed by atoms with Crippen molar-refractivity contribution in [2.75, 3.05) is 0 Å². The molecule has 0 spiro atoms. The molecule has 1 unspecified atom stereocenters. The highest BCUT2D eigenvalue weighted by Crippen LogP contribution is 2.30. The van der Waals surface area contributed by atoms with E-state index in [0.717, 1.165) is 18.4 Å². The lowest BCUT2D eigenvalue weighted by molar-refractivity contribution is -0.0306. The van der Waals surface area contributed by atoms with Crippen LogP contribution in [0.4, 0.5) is 0 Å². The summed E-state index contributed by atoms with van der Waals surface area (Å²) in [6.45, 7) is 6.14. The van der Waals surface area contributed by atoms with Gasteiger partial charge in [0.1, 0.15) is 0 Å². The van der Waals surface area contributed by atoms with Crippen LogP contribution in [0.5, 0.6) is 0 Å². The summed E-state index contributed by atoms with van der Waals surface area (Å²) in [4.78, 5) is 10.2. The van der Waals surface area contributed by atoms with Gasteiger partial charge in [0, 0.05) is 12.0 Å². The summed E-state index contributed by atoms with van der Waals surface area (Å²) in [6.07, 6.45) is 11.6. The number of rotatable bonds is 13. The van der Waals surface area contributed by atoms with Gasteiger partial charge in [-0.15, -0.1) is 0 Å². The van der Waals surface area contributed by atoms with Crippen LogP contribution in [0.3, 0.4) is 0 Å². The van der Waals surface area contributed by atoms with Gasteiger partial charge in [0.25, 0.3) is 0 Å². The fraction of sp³-hybridized carbons (Fsp3) is 0.536. The van der Waals surface area contributed by atoms with Crippen molar-refractivity contribution in [1.29, 1.82) is 0 Å². The summed E-state index contributed by atoms with van der Waals surface area (Å²) < 4.78 is 0. The molecule has 2 aromatic carbocycles. The van der Waals surface area contributed by atoms with Crippen LogP contribution in [0.15, 0.2) is 60.7 Å². The first-order valence-electron chi connectivity index (χ1n) is 12.0. The van der Waals surface area contributed by atoms with E-state index in [1.807, 2.05) is 32.0 Å². The Hall–Kier alpha value is -2.17. The number of nitrogens with two attached hydrogens (primary N) is 1. The minimum absolute atomic E-state index is 0.331. The minimum Gasteiger partial charge on any atom is -0.478 e. The monoisotopic (exact) mass is 441 g/mol. The maximum Gasteiger partial charge on any atom is 0.335 e. The van der Waals surface area contributed by atoms with Crippen LogP contribution in [0.1, 0.15) is 94.5 Å². The molecule has 0 saturated carbocycles. The van der Waals surface area contributed by atoms with Gasteiger partial charge in [-0.05, 0) is 38.0 Å². The van der Waals surface area contributed by atoms with Crippen molar-refractivity contribution < 1.29 is 15.0 Å². The fourth-order valence-electron chi connectivity index (χ4n) is 3.70. The van der Waals surface area contributed by atoms with Crippen LogP contribution in [0.2, 0.25) is 0 Å². The van der Waals surface area contributed by atoms with E-state index in [4.69, 9.17) is 10.8 Å². The molecule has 4 heteroatoms. The van der Waals surface area contributed by atoms with E-state index in [0.29, 0.717) is 12.0 Å². The van der Waals surface area contributed by atoms with Gasteiger partial charge >= 0.3 is 5.97 Å². The standard InChI is InChI=1S/C21H37NO.C7H6O2/c1-4-5-6-7-8-9-10-14-17-21(23,20(2,3)22)18-19-15-12-11-13-16-19;8-7(9)6-4-2-1-3-5-6/h11-13,15-16,23H,4-10,14,17-18,22H2,1-3H3;1-5H,(H,8,9). The molecule has 0 aliphatic rings. The van der Waals surface area contributed by atoms with E-state index in [1.165, 1.54) is 44.9 Å². The predicted molar refractivity (Wildman–Crippen MR) is 134 cm³/mol. The highest BCUT2D eigenvalue weighted by molar-refractivity contribution is 5.87. The van der Waals surface area contributed by atoms with Crippen molar-refractivity contribution >= 4 is 5.97 Å². The van der Waals surface area contributed by atoms with Gasteiger partial charge < -0.3 is 15.9 Å². The smallest absolute Gasteiger partial charge is 0.335 e. The third kappa shape index (κ3) is 10.9. The number of carboxylic acids is 1. The van der Waals surface area contributed by atoms with Gasteiger partial charge in [0.15, 0.2) is 0 Å². The molecular formula is C28H43NO3. The summed E-state index contributed by atoms with van der Waals surface area (Å²) in [5.74, 6) is -0.879. The zero-order chi connectivity index (χ0) is 23.9. The van der Waals surface area contributed by atoms with Crippen molar-refractivity contribution in [3.63, 3.8) is 0 Å². The maximum atomic E-state index is 11.1. The van der Waals surface area contributed by atoms with E-state index < -0.39 is 17.1 Å². The molecule has 4 nitrogen and oxygen atoms in total. The summed E-state index contributed by atoms with van der Waals surface area (Å²) in [6, 6.07) is 18.5. The molecule has 4 N–H and O–H groups in total. The zero-order valence-corrected chi connectivity index (χ0v) is 20.2. The number of aromatic carboxylic acids is 1. The van der Waals surface area contributed by atoms with Gasteiger partial charge in [-0.25, -0.2) is 4.79 Å². The van der Waals surface area contributed by atoms with Crippen LogP contribution in [-0.4, -0.2) is 27.3 Å². The molecule has 32 heavy (non-hydrogen) atoms. The fourth-order valence-corrected chi connectivity index (χ4v) is 3.70. The van der Waals surface area contributed by atoms with Gasteiger partial charge in [0.2, 0.25) is 0 Å². The first-order chi connectivity index (χ1) is 15.2. The Morgan fingerprint density at radius 3 is 1.72 bits per heavy atom. The van der Waals surface area contributed by atoms with E-state index >= 15 is 0 Å². The summed E-state index contributed by atoms with van der Waals surface area (Å²) in [5, 5.41) is 19.5. The molecule has 1 atom stereocenters. The Morgan fingerprint density at radius 2 is 1.28 bits per heavy atom. The molecule has 0 radical (unpaired) electrons. The Morgan fingerprint density at radius 1 is 0.812 bits per heavy atom. The second kappa shape index (κ2) is 14.8. The Bertz CT molecular complexity index is 740. The Kier molecular flexibility index (Phi) is 12.9. The molecule has 0 aliphatic heterocycles. The molecule has 2 rings (SSSR count). The van der Waals surface area contributed by atoms with Crippen molar-refractivity contribution in [1.82, 2.24) is 0 Å². The number of benzene rings is 2. The highest BCUT2D eigenvalue weighted by atomic mass is 16.4. The van der Waals surface area contributed by atoms with Crippen molar-refractivity contribution in [3.8, 4) is 0 Å². The van der Waals surface area contributed by atoms with Crippen LogP contribution in [0, 0.1) is 0 Å². The number of hydrogen-bond acceptors (Lipinski definition) is 3. The van der Waals surface area contributed by atoms with E-state index in [-0.39, 0.29) is 0 Å². The molecule has 2 aromatic rings. The second-order valence-corrected chi connectivity index (χ2v) is 9.31. The quantitative estimate of drug-likeness (QED) is 0.305. The molecule has 0 heterocycles. The maximum absolute atomic E-state index is 11.1. The molecule has 0 aliphatic carbocycles. The Labute approximate surface area is 194 Å². The summed E-state index contributed by atoms with van der Waals surface area (Å²) in [7, 11) is 0. The molecular weight excluding hydrogens is 398 g/mol. The van der Waals surface area contributed by atoms with Gasteiger partial charge in [0.05, 0.1) is 11.2 Å². The van der Waals surface area contributed by atoms with Crippen molar-refractivity contribution in [2.45, 2.75) is 96.1 Å². The average molecular weight is 442 g/mol. The lowest BCUT2D eigenvalue weighted by atomic mass is 9.75. The zero-order valence-electron chi connectivity index (χ0n) is 20.2. The predicted octanol–water partition coefficient (Wildman–Crippen LogP) is 6.61. The van der Waals surface area contributed by atoms with Crippen LogP contribution in [0.25, 0.3) is 0 Å². The van der Waals surface area contributed by atoms with Gasteiger partial charge in [-0.1, -0.05) is 107 Å².